The zero-order chi connectivity index (χ0) is 16.3. The first-order valence-electron chi connectivity index (χ1n) is 8.46. The van der Waals surface area contributed by atoms with Crippen LogP contribution in [0.25, 0.3) is 0 Å². The largest absolute Gasteiger partial charge is 0.491 e. The summed E-state index contributed by atoms with van der Waals surface area (Å²) in [5.74, 6) is 0.960. The molecule has 126 valence electrons. The topological polar surface area (TPSA) is 53.0 Å². The molecule has 0 aromatic heterocycles. The number of amides is 1. The second-order valence-corrected chi connectivity index (χ2v) is 6.87. The lowest BCUT2D eigenvalue weighted by Crippen LogP contribution is -2.42. The molecule has 2 heterocycles. The molecule has 0 radical (unpaired) electrons. The van der Waals surface area contributed by atoms with Gasteiger partial charge < -0.3 is 14.7 Å². The van der Waals surface area contributed by atoms with Crippen molar-refractivity contribution in [1.29, 1.82) is 0 Å². The minimum atomic E-state index is -0.865. The Labute approximate surface area is 137 Å². The fraction of sp³-hybridized carbons (Fsp3) is 0.611. The Hall–Kier alpha value is -1.59. The van der Waals surface area contributed by atoms with E-state index in [1.165, 1.54) is 5.56 Å². The zero-order valence-electron chi connectivity index (χ0n) is 13.8. The smallest absolute Gasteiger partial charge is 0.236 e. The molecule has 1 aromatic carbocycles. The Bertz CT molecular complexity index is 540. The minimum Gasteiger partial charge on any atom is -0.491 e. The Balaban J connectivity index is 1.47. The predicted octanol–water partition coefficient (Wildman–Crippen LogP) is 1.43. The van der Waals surface area contributed by atoms with Gasteiger partial charge in [-0.15, -0.1) is 0 Å². The Morgan fingerprint density at radius 2 is 1.91 bits per heavy atom. The number of aliphatic hydroxyl groups is 1. The van der Waals surface area contributed by atoms with Gasteiger partial charge in [-0.05, 0) is 38.3 Å². The van der Waals surface area contributed by atoms with Gasteiger partial charge in [0.15, 0.2) is 0 Å². The van der Waals surface area contributed by atoms with Crippen LogP contribution in [0.15, 0.2) is 24.3 Å². The van der Waals surface area contributed by atoms with E-state index in [1.54, 1.807) is 0 Å². The number of rotatable bonds is 5. The first-order chi connectivity index (χ1) is 11.0. The third kappa shape index (κ3) is 4.24. The first-order valence-corrected chi connectivity index (χ1v) is 8.46. The van der Waals surface area contributed by atoms with E-state index in [1.807, 2.05) is 41.0 Å². The molecule has 1 aromatic rings. The van der Waals surface area contributed by atoms with Crippen LogP contribution in [0, 0.1) is 6.92 Å². The van der Waals surface area contributed by atoms with E-state index in [9.17, 15) is 9.90 Å². The summed E-state index contributed by atoms with van der Waals surface area (Å²) >= 11 is 0. The first kappa shape index (κ1) is 16.3. The number of carbonyl (C=O) groups excluding carboxylic acids is 1. The summed E-state index contributed by atoms with van der Waals surface area (Å²) in [5.41, 5.74) is 0.319. The van der Waals surface area contributed by atoms with E-state index in [0.29, 0.717) is 19.5 Å². The van der Waals surface area contributed by atoms with Gasteiger partial charge >= 0.3 is 0 Å². The highest BCUT2D eigenvalue weighted by Crippen LogP contribution is 2.23. The number of nitrogens with zero attached hydrogens (tertiary/aromatic N) is 2. The molecule has 0 aliphatic carbocycles. The van der Waals surface area contributed by atoms with Crippen LogP contribution in [0.3, 0.4) is 0 Å². The number of ether oxygens (including phenoxy) is 1. The lowest BCUT2D eigenvalue weighted by atomic mass is 10.1. The summed E-state index contributed by atoms with van der Waals surface area (Å²) in [4.78, 5) is 16.2. The Morgan fingerprint density at radius 1 is 1.22 bits per heavy atom. The van der Waals surface area contributed by atoms with Crippen LogP contribution in [0.4, 0.5) is 0 Å². The lowest BCUT2D eigenvalue weighted by molar-refractivity contribution is -0.131. The van der Waals surface area contributed by atoms with Crippen molar-refractivity contribution in [3.8, 4) is 5.75 Å². The maximum absolute atomic E-state index is 12.2. The van der Waals surface area contributed by atoms with E-state index < -0.39 is 5.60 Å². The summed E-state index contributed by atoms with van der Waals surface area (Å²) in [6, 6.07) is 7.83. The van der Waals surface area contributed by atoms with Gasteiger partial charge in [0, 0.05) is 26.2 Å². The number of aryl methyl sites for hydroxylation is 1. The molecule has 2 saturated heterocycles. The van der Waals surface area contributed by atoms with E-state index in [4.69, 9.17) is 4.74 Å². The molecule has 2 aliphatic heterocycles. The molecule has 2 aliphatic rings. The van der Waals surface area contributed by atoms with E-state index in [0.717, 1.165) is 38.2 Å². The van der Waals surface area contributed by atoms with Gasteiger partial charge in [-0.3, -0.25) is 9.69 Å². The average molecular weight is 318 g/mol. The molecular weight excluding hydrogens is 292 g/mol. The van der Waals surface area contributed by atoms with Gasteiger partial charge in [-0.1, -0.05) is 17.7 Å². The maximum atomic E-state index is 12.2. The highest BCUT2D eigenvalue weighted by atomic mass is 16.5. The fourth-order valence-corrected chi connectivity index (χ4v) is 3.30. The van der Waals surface area contributed by atoms with Crippen LogP contribution in [0.5, 0.6) is 5.75 Å². The molecule has 1 unspecified atom stereocenters. The third-order valence-electron chi connectivity index (χ3n) is 4.76. The monoisotopic (exact) mass is 318 g/mol. The summed E-state index contributed by atoms with van der Waals surface area (Å²) in [6.45, 7) is 5.72. The standard InChI is InChI=1S/C18H26N2O3/c1-15-4-6-16(7-5-15)23-14-18(22)8-11-19(13-18)12-17(21)20-9-2-3-10-20/h4-7,22H,2-3,8-14H2,1H3. The number of β-amino-alcohol motifs (C(OH)–C–C–N with tert-alkyl or cyclic N) is 1. The molecule has 1 N–H and O–H groups in total. The molecule has 3 rings (SSSR count). The zero-order valence-corrected chi connectivity index (χ0v) is 13.8. The van der Waals surface area contributed by atoms with Crippen molar-refractivity contribution in [2.45, 2.75) is 31.8 Å². The second-order valence-electron chi connectivity index (χ2n) is 6.87. The van der Waals surface area contributed by atoms with Gasteiger partial charge in [0.2, 0.25) is 5.91 Å². The van der Waals surface area contributed by atoms with Crippen LogP contribution in [0.2, 0.25) is 0 Å². The number of benzene rings is 1. The molecule has 1 amide bonds. The molecular formula is C18H26N2O3. The average Bonchev–Trinajstić information content (AvgIpc) is 3.17. The fourth-order valence-electron chi connectivity index (χ4n) is 3.30. The molecule has 5 heteroatoms. The normalized spacial score (nSPS) is 25.0. The van der Waals surface area contributed by atoms with Crippen molar-refractivity contribution in [1.82, 2.24) is 9.80 Å². The van der Waals surface area contributed by atoms with Crippen molar-refractivity contribution >= 4 is 5.91 Å². The van der Waals surface area contributed by atoms with Crippen molar-refractivity contribution < 1.29 is 14.6 Å². The van der Waals surface area contributed by atoms with Crippen molar-refractivity contribution in [2.75, 3.05) is 39.3 Å². The van der Waals surface area contributed by atoms with Gasteiger partial charge in [0.05, 0.1) is 6.54 Å². The van der Waals surface area contributed by atoms with Gasteiger partial charge in [-0.25, -0.2) is 0 Å². The Kier molecular flexibility index (Phi) is 4.87. The van der Waals surface area contributed by atoms with Crippen LogP contribution >= 0.6 is 0 Å². The van der Waals surface area contributed by atoms with Crippen molar-refractivity contribution in [3.05, 3.63) is 29.8 Å². The summed E-state index contributed by atoms with van der Waals surface area (Å²) in [6.07, 6.45) is 2.87. The summed E-state index contributed by atoms with van der Waals surface area (Å²) < 4.78 is 5.73. The number of likely N-dealkylation sites (tertiary alicyclic amines) is 2. The quantitative estimate of drug-likeness (QED) is 0.892. The predicted molar refractivity (Wildman–Crippen MR) is 88.5 cm³/mol. The number of carbonyl (C=O) groups is 1. The highest BCUT2D eigenvalue weighted by molar-refractivity contribution is 5.78. The van der Waals surface area contributed by atoms with E-state index >= 15 is 0 Å². The lowest BCUT2D eigenvalue weighted by Gasteiger charge is -2.24. The van der Waals surface area contributed by atoms with Crippen LogP contribution < -0.4 is 4.74 Å². The van der Waals surface area contributed by atoms with Gasteiger partial charge in [-0.2, -0.15) is 0 Å². The van der Waals surface area contributed by atoms with Crippen LogP contribution in [-0.4, -0.2) is 65.7 Å². The number of hydrogen-bond donors (Lipinski definition) is 1. The van der Waals surface area contributed by atoms with E-state index in [-0.39, 0.29) is 12.5 Å². The van der Waals surface area contributed by atoms with Crippen LogP contribution in [0.1, 0.15) is 24.8 Å². The Morgan fingerprint density at radius 3 is 2.61 bits per heavy atom. The molecule has 2 fully saturated rings. The van der Waals surface area contributed by atoms with Gasteiger partial charge in [0.1, 0.15) is 18.0 Å². The molecule has 0 spiro atoms. The highest BCUT2D eigenvalue weighted by Gasteiger charge is 2.38. The van der Waals surface area contributed by atoms with Gasteiger partial charge in [0.25, 0.3) is 0 Å². The van der Waals surface area contributed by atoms with Crippen molar-refractivity contribution in [3.63, 3.8) is 0 Å². The summed E-state index contributed by atoms with van der Waals surface area (Å²) in [5, 5.41) is 10.7. The third-order valence-corrected chi connectivity index (χ3v) is 4.76. The molecule has 0 saturated carbocycles. The summed E-state index contributed by atoms with van der Waals surface area (Å²) in [7, 11) is 0. The molecule has 1 atom stereocenters. The van der Waals surface area contributed by atoms with Crippen molar-refractivity contribution in [2.24, 2.45) is 0 Å². The molecule has 23 heavy (non-hydrogen) atoms. The van der Waals surface area contributed by atoms with Crippen LogP contribution in [-0.2, 0) is 4.79 Å². The number of hydrogen-bond acceptors (Lipinski definition) is 4. The second kappa shape index (κ2) is 6.89. The molecule has 0 bridgehead atoms. The SMILES string of the molecule is Cc1ccc(OCC2(O)CCN(CC(=O)N3CCCC3)C2)cc1. The van der Waals surface area contributed by atoms with E-state index in [2.05, 4.69) is 0 Å². The minimum absolute atomic E-state index is 0.186. The molecule has 5 nitrogen and oxygen atoms in total. The maximum Gasteiger partial charge on any atom is 0.236 e.